The van der Waals surface area contributed by atoms with E-state index in [-0.39, 0.29) is 0 Å². The van der Waals surface area contributed by atoms with E-state index in [1.807, 2.05) is 54.6 Å². The van der Waals surface area contributed by atoms with Crippen LogP contribution in [-0.2, 0) is 5.41 Å². The van der Waals surface area contributed by atoms with Gasteiger partial charge in [0.05, 0.1) is 5.41 Å². The van der Waals surface area contributed by atoms with Gasteiger partial charge in [0.15, 0.2) is 17.5 Å². The van der Waals surface area contributed by atoms with Crippen LogP contribution in [0.15, 0.2) is 158 Å². The minimum atomic E-state index is -0.501. The van der Waals surface area contributed by atoms with E-state index in [4.69, 9.17) is 26.6 Å². The quantitative estimate of drug-likeness (QED) is 0.202. The largest absolute Gasteiger partial charge is 0.208 e. The van der Waals surface area contributed by atoms with Crippen LogP contribution < -0.4 is 0 Å². The first kappa shape index (κ1) is 26.3. The van der Waals surface area contributed by atoms with Crippen LogP contribution in [-0.4, -0.2) is 15.0 Å². The Morgan fingerprint density at radius 2 is 0.864 bits per heavy atom. The number of benzene rings is 6. The molecule has 1 aliphatic rings. The van der Waals surface area contributed by atoms with E-state index in [1.54, 1.807) is 0 Å². The van der Waals surface area contributed by atoms with Crippen LogP contribution >= 0.6 is 11.6 Å². The molecule has 1 aliphatic carbocycles. The number of hydrogen-bond donors (Lipinski definition) is 0. The van der Waals surface area contributed by atoms with Crippen LogP contribution in [0.5, 0.6) is 0 Å². The molecule has 8 rings (SSSR count). The van der Waals surface area contributed by atoms with Crippen molar-refractivity contribution in [1.82, 2.24) is 15.0 Å². The lowest BCUT2D eigenvalue weighted by Gasteiger charge is -2.33. The Hall–Kier alpha value is -5.38. The summed E-state index contributed by atoms with van der Waals surface area (Å²) in [5, 5.41) is 0.668. The van der Waals surface area contributed by atoms with Crippen LogP contribution in [0.3, 0.4) is 0 Å². The van der Waals surface area contributed by atoms with Crippen molar-refractivity contribution in [3.05, 3.63) is 185 Å². The maximum atomic E-state index is 6.24. The van der Waals surface area contributed by atoms with E-state index < -0.39 is 5.41 Å². The van der Waals surface area contributed by atoms with Gasteiger partial charge in [0.1, 0.15) is 0 Å². The van der Waals surface area contributed by atoms with Crippen LogP contribution in [0.2, 0.25) is 5.02 Å². The van der Waals surface area contributed by atoms with E-state index >= 15 is 0 Å². The topological polar surface area (TPSA) is 38.7 Å². The standard InChI is InChI=1S/C40H26ClN3/c41-31-25-23-28(24-26-31)38-42-37(27-13-4-1-5-14-27)43-39(44-38)33-20-12-22-35-36(33)32-19-10-11-21-34(32)40(35,29-15-6-2-7-16-29)30-17-8-3-9-18-30/h1-26H. The summed E-state index contributed by atoms with van der Waals surface area (Å²) < 4.78 is 0. The van der Waals surface area contributed by atoms with Crippen molar-refractivity contribution in [1.29, 1.82) is 0 Å². The van der Waals surface area contributed by atoms with Gasteiger partial charge in [-0.15, -0.1) is 0 Å². The molecule has 0 aliphatic heterocycles. The van der Waals surface area contributed by atoms with Gasteiger partial charge in [0.2, 0.25) is 0 Å². The molecule has 0 atom stereocenters. The second-order valence-electron chi connectivity index (χ2n) is 10.9. The fourth-order valence-corrected chi connectivity index (χ4v) is 6.75. The van der Waals surface area contributed by atoms with Crippen LogP contribution in [0, 0.1) is 0 Å². The molecule has 7 aromatic rings. The van der Waals surface area contributed by atoms with E-state index in [1.165, 1.54) is 27.8 Å². The summed E-state index contributed by atoms with van der Waals surface area (Å²) in [6, 6.07) is 54.6. The van der Waals surface area contributed by atoms with E-state index in [0.29, 0.717) is 22.5 Å². The van der Waals surface area contributed by atoms with Crippen LogP contribution in [0.25, 0.3) is 45.3 Å². The monoisotopic (exact) mass is 583 g/mol. The van der Waals surface area contributed by atoms with Crippen molar-refractivity contribution >= 4 is 11.6 Å². The Morgan fingerprint density at radius 3 is 1.50 bits per heavy atom. The van der Waals surface area contributed by atoms with Crippen molar-refractivity contribution < 1.29 is 0 Å². The summed E-state index contributed by atoms with van der Waals surface area (Å²) in [6.45, 7) is 0. The zero-order valence-corrected chi connectivity index (χ0v) is 24.5. The SMILES string of the molecule is Clc1ccc(-c2nc(-c3ccccc3)nc(-c3cccc4c3-c3ccccc3C4(c3ccccc3)c3ccccc3)n2)cc1. The lowest BCUT2D eigenvalue weighted by atomic mass is 9.67. The zero-order valence-electron chi connectivity index (χ0n) is 23.7. The second kappa shape index (κ2) is 10.7. The van der Waals surface area contributed by atoms with Crippen molar-refractivity contribution in [3.8, 4) is 45.3 Å². The highest BCUT2D eigenvalue weighted by molar-refractivity contribution is 6.30. The third-order valence-electron chi connectivity index (χ3n) is 8.49. The third-order valence-corrected chi connectivity index (χ3v) is 8.75. The Morgan fingerprint density at radius 1 is 0.386 bits per heavy atom. The van der Waals surface area contributed by atoms with Gasteiger partial charge < -0.3 is 0 Å². The van der Waals surface area contributed by atoms with Crippen LogP contribution in [0.1, 0.15) is 22.3 Å². The molecule has 0 fully saturated rings. The second-order valence-corrected chi connectivity index (χ2v) is 11.4. The Bertz CT molecular complexity index is 2070. The third kappa shape index (κ3) is 4.16. The molecule has 3 nitrogen and oxygen atoms in total. The van der Waals surface area contributed by atoms with Gasteiger partial charge in [0.25, 0.3) is 0 Å². The maximum Gasteiger partial charge on any atom is 0.164 e. The van der Waals surface area contributed by atoms with Gasteiger partial charge in [0, 0.05) is 21.7 Å². The van der Waals surface area contributed by atoms with E-state index in [9.17, 15) is 0 Å². The summed E-state index contributed by atoms with van der Waals surface area (Å²) in [4.78, 5) is 15.1. The summed E-state index contributed by atoms with van der Waals surface area (Å²) in [6.07, 6.45) is 0. The average molecular weight is 584 g/mol. The Balaban J connectivity index is 1.44. The Labute approximate surface area is 261 Å². The molecule has 44 heavy (non-hydrogen) atoms. The first-order chi connectivity index (χ1) is 21.7. The van der Waals surface area contributed by atoms with Gasteiger partial charge in [-0.1, -0.05) is 145 Å². The maximum absolute atomic E-state index is 6.24. The molecule has 6 aromatic carbocycles. The first-order valence-electron chi connectivity index (χ1n) is 14.7. The van der Waals surface area contributed by atoms with Gasteiger partial charge in [-0.05, 0) is 57.6 Å². The van der Waals surface area contributed by atoms with Crippen molar-refractivity contribution in [2.24, 2.45) is 0 Å². The molecule has 208 valence electrons. The van der Waals surface area contributed by atoms with Crippen molar-refractivity contribution in [2.75, 3.05) is 0 Å². The minimum Gasteiger partial charge on any atom is -0.208 e. The van der Waals surface area contributed by atoms with Gasteiger partial charge in [-0.25, -0.2) is 15.0 Å². The molecule has 1 heterocycles. The number of hydrogen-bond acceptors (Lipinski definition) is 3. The first-order valence-corrected chi connectivity index (χ1v) is 15.0. The molecule has 4 heteroatoms. The molecule has 0 bridgehead atoms. The predicted octanol–water partition coefficient (Wildman–Crippen LogP) is 9.89. The summed E-state index contributed by atoms with van der Waals surface area (Å²) in [5.41, 5.74) is 9.50. The molecule has 0 spiro atoms. The van der Waals surface area contributed by atoms with E-state index in [0.717, 1.165) is 22.3 Å². The van der Waals surface area contributed by atoms with E-state index in [2.05, 4.69) is 103 Å². The van der Waals surface area contributed by atoms with Gasteiger partial charge >= 0.3 is 0 Å². The summed E-state index contributed by atoms with van der Waals surface area (Å²) >= 11 is 6.24. The summed E-state index contributed by atoms with van der Waals surface area (Å²) in [7, 11) is 0. The highest BCUT2D eigenvalue weighted by Gasteiger charge is 2.46. The fourth-order valence-electron chi connectivity index (χ4n) is 6.62. The molecule has 0 saturated carbocycles. The lowest BCUT2D eigenvalue weighted by molar-refractivity contribution is 0.768. The number of nitrogens with zero attached hydrogens (tertiary/aromatic N) is 3. The zero-order chi connectivity index (χ0) is 29.5. The summed E-state index contributed by atoms with van der Waals surface area (Å²) in [5.74, 6) is 1.86. The minimum absolute atomic E-state index is 0.501. The highest BCUT2D eigenvalue weighted by Crippen LogP contribution is 2.57. The normalized spacial score (nSPS) is 12.8. The molecule has 1 aromatic heterocycles. The highest BCUT2D eigenvalue weighted by atomic mass is 35.5. The average Bonchev–Trinajstić information content (AvgIpc) is 3.41. The van der Waals surface area contributed by atoms with Gasteiger partial charge in [-0.3, -0.25) is 0 Å². The smallest absolute Gasteiger partial charge is 0.164 e. The number of fused-ring (bicyclic) bond motifs is 3. The van der Waals surface area contributed by atoms with Crippen LogP contribution in [0.4, 0.5) is 0 Å². The molecule has 0 unspecified atom stereocenters. The van der Waals surface area contributed by atoms with Crippen molar-refractivity contribution in [3.63, 3.8) is 0 Å². The number of aromatic nitrogens is 3. The molecular formula is C40H26ClN3. The number of rotatable bonds is 5. The fraction of sp³-hybridized carbons (Fsp3) is 0.0250. The predicted molar refractivity (Wildman–Crippen MR) is 178 cm³/mol. The van der Waals surface area contributed by atoms with Crippen molar-refractivity contribution in [2.45, 2.75) is 5.41 Å². The molecule has 0 radical (unpaired) electrons. The Kier molecular flexibility index (Phi) is 6.40. The molecule has 0 N–H and O–H groups in total. The molecular weight excluding hydrogens is 558 g/mol. The number of halogens is 1. The van der Waals surface area contributed by atoms with Gasteiger partial charge in [-0.2, -0.15) is 0 Å². The lowest BCUT2D eigenvalue weighted by Crippen LogP contribution is -2.28. The molecule has 0 saturated heterocycles. The molecule has 0 amide bonds.